The van der Waals surface area contributed by atoms with Crippen LogP contribution in [-0.2, 0) is 4.79 Å². The van der Waals surface area contributed by atoms with E-state index < -0.39 is 10.3 Å². The number of nitro benzene ring substituents is 1. The number of hydrogen-bond donors (Lipinski definition) is 0. The summed E-state index contributed by atoms with van der Waals surface area (Å²) in [4.78, 5) is 22.4. The van der Waals surface area contributed by atoms with E-state index in [2.05, 4.69) is 0 Å². The molecule has 0 bridgehead atoms. The van der Waals surface area contributed by atoms with Crippen LogP contribution in [0.15, 0.2) is 18.2 Å². The van der Waals surface area contributed by atoms with Gasteiger partial charge in [0.2, 0.25) is 5.75 Å². The first-order chi connectivity index (χ1) is 9.46. The highest BCUT2D eigenvalue weighted by atomic mass is 35.5. The van der Waals surface area contributed by atoms with Gasteiger partial charge in [-0.2, -0.15) is 0 Å². The predicted octanol–water partition coefficient (Wildman–Crippen LogP) is 3.77. The summed E-state index contributed by atoms with van der Waals surface area (Å²) in [5.41, 5.74) is -0.703. The van der Waals surface area contributed by atoms with Crippen molar-refractivity contribution in [1.82, 2.24) is 0 Å². The predicted molar refractivity (Wildman–Crippen MR) is 75.2 cm³/mol. The monoisotopic (exact) mass is 297 g/mol. The lowest BCUT2D eigenvalue weighted by Crippen LogP contribution is -2.56. The Morgan fingerprint density at radius 3 is 2.60 bits per heavy atom. The molecule has 1 saturated carbocycles. The van der Waals surface area contributed by atoms with Crippen molar-refractivity contribution in [3.63, 3.8) is 0 Å². The Bertz CT molecular complexity index is 554. The minimum absolute atomic E-state index is 0.0583. The average molecular weight is 298 g/mol. The zero-order valence-corrected chi connectivity index (χ0v) is 12.1. The van der Waals surface area contributed by atoms with Crippen molar-refractivity contribution < 1.29 is 14.5 Å². The van der Waals surface area contributed by atoms with E-state index in [1.807, 2.05) is 13.8 Å². The van der Waals surface area contributed by atoms with Crippen molar-refractivity contribution in [2.24, 2.45) is 5.41 Å². The molecule has 1 unspecified atom stereocenters. The first kappa shape index (κ1) is 14.8. The standard InChI is InChI=1S/C14H16ClNO4/c1-3-14(4-2)11(17)8-12(14)20-13-9(15)6-5-7-10(13)16(18)19/h5-7,12H,3-4,8H2,1-2H3. The fraction of sp³-hybridized carbons (Fsp3) is 0.500. The van der Waals surface area contributed by atoms with E-state index in [-0.39, 0.29) is 34.8 Å². The summed E-state index contributed by atoms with van der Waals surface area (Å²) in [7, 11) is 0. The largest absolute Gasteiger partial charge is 0.481 e. The lowest BCUT2D eigenvalue weighted by atomic mass is 9.61. The number of ketones is 1. The molecule has 1 aromatic carbocycles. The third-order valence-electron chi connectivity index (χ3n) is 4.21. The number of nitro groups is 1. The lowest BCUT2D eigenvalue weighted by Gasteiger charge is -2.46. The van der Waals surface area contributed by atoms with Crippen LogP contribution in [0.1, 0.15) is 33.1 Å². The van der Waals surface area contributed by atoms with E-state index in [1.54, 1.807) is 6.07 Å². The van der Waals surface area contributed by atoms with Crippen LogP contribution >= 0.6 is 11.6 Å². The number of Topliss-reactive ketones (excluding diaryl/α,β-unsaturated/α-hetero) is 1. The maximum absolute atomic E-state index is 11.9. The molecule has 0 spiro atoms. The molecule has 1 aromatic rings. The Kier molecular flexibility index (Phi) is 3.99. The van der Waals surface area contributed by atoms with Gasteiger partial charge < -0.3 is 4.74 Å². The Morgan fingerprint density at radius 1 is 1.45 bits per heavy atom. The van der Waals surface area contributed by atoms with Crippen LogP contribution in [0.4, 0.5) is 5.69 Å². The van der Waals surface area contributed by atoms with Crippen LogP contribution in [0, 0.1) is 15.5 Å². The Balaban J connectivity index is 2.32. The molecular formula is C14H16ClNO4. The summed E-state index contributed by atoms with van der Waals surface area (Å²) in [5, 5.41) is 11.2. The quantitative estimate of drug-likeness (QED) is 0.612. The van der Waals surface area contributed by atoms with Crippen molar-refractivity contribution in [2.45, 2.75) is 39.2 Å². The SMILES string of the molecule is CCC1(CC)C(=O)CC1Oc1c(Cl)cccc1[N+](=O)[O-]. The highest BCUT2D eigenvalue weighted by Crippen LogP contribution is 2.47. The summed E-state index contributed by atoms with van der Waals surface area (Å²) >= 11 is 6.00. The van der Waals surface area contributed by atoms with Crippen molar-refractivity contribution in [2.75, 3.05) is 0 Å². The van der Waals surface area contributed by atoms with E-state index in [1.165, 1.54) is 12.1 Å². The van der Waals surface area contributed by atoms with Crippen molar-refractivity contribution in [3.05, 3.63) is 33.3 Å². The molecule has 1 aliphatic carbocycles. The number of ether oxygens (including phenoxy) is 1. The van der Waals surface area contributed by atoms with Gasteiger partial charge in [0.05, 0.1) is 15.4 Å². The highest BCUT2D eigenvalue weighted by molar-refractivity contribution is 6.32. The molecule has 20 heavy (non-hydrogen) atoms. The zero-order chi connectivity index (χ0) is 14.9. The number of rotatable bonds is 5. The fourth-order valence-corrected chi connectivity index (χ4v) is 2.98. The van der Waals surface area contributed by atoms with E-state index in [0.29, 0.717) is 12.8 Å². The van der Waals surface area contributed by atoms with Gasteiger partial charge in [0, 0.05) is 12.5 Å². The zero-order valence-electron chi connectivity index (χ0n) is 11.4. The summed E-state index contributed by atoms with van der Waals surface area (Å²) in [6.45, 7) is 3.86. The van der Waals surface area contributed by atoms with Crippen LogP contribution < -0.4 is 4.74 Å². The number of carbonyl (C=O) groups excluding carboxylic acids is 1. The van der Waals surface area contributed by atoms with E-state index >= 15 is 0 Å². The summed E-state index contributed by atoms with van der Waals surface area (Å²) in [6.07, 6.45) is 1.25. The van der Waals surface area contributed by atoms with Crippen LogP contribution in [-0.4, -0.2) is 16.8 Å². The van der Waals surface area contributed by atoms with Crippen LogP contribution in [0.3, 0.4) is 0 Å². The first-order valence-electron chi connectivity index (χ1n) is 6.59. The topological polar surface area (TPSA) is 69.4 Å². The molecule has 5 nitrogen and oxygen atoms in total. The maximum atomic E-state index is 11.9. The molecule has 0 aliphatic heterocycles. The van der Waals surface area contributed by atoms with Crippen molar-refractivity contribution >= 4 is 23.1 Å². The first-order valence-corrected chi connectivity index (χ1v) is 6.97. The molecule has 0 N–H and O–H groups in total. The van der Waals surface area contributed by atoms with Gasteiger partial charge in [-0.05, 0) is 18.9 Å². The lowest BCUT2D eigenvalue weighted by molar-refractivity contribution is -0.386. The molecule has 1 aliphatic rings. The van der Waals surface area contributed by atoms with Gasteiger partial charge >= 0.3 is 5.69 Å². The van der Waals surface area contributed by atoms with Gasteiger partial charge in [-0.1, -0.05) is 31.5 Å². The molecule has 6 heteroatoms. The average Bonchev–Trinajstić information content (AvgIpc) is 2.41. The van der Waals surface area contributed by atoms with Crippen LogP contribution in [0.2, 0.25) is 5.02 Å². The second-order valence-corrected chi connectivity index (χ2v) is 5.35. The van der Waals surface area contributed by atoms with Gasteiger partial charge in [-0.3, -0.25) is 14.9 Å². The number of halogens is 1. The van der Waals surface area contributed by atoms with Gasteiger partial charge in [0.15, 0.2) is 0 Å². The van der Waals surface area contributed by atoms with Gasteiger partial charge in [-0.25, -0.2) is 0 Å². The third-order valence-corrected chi connectivity index (χ3v) is 4.50. The van der Waals surface area contributed by atoms with Gasteiger partial charge in [-0.15, -0.1) is 0 Å². The molecule has 0 amide bonds. The Hall–Kier alpha value is -1.62. The molecular weight excluding hydrogens is 282 g/mol. The number of nitrogens with zero attached hydrogens (tertiary/aromatic N) is 1. The second kappa shape index (κ2) is 5.40. The molecule has 0 radical (unpaired) electrons. The van der Waals surface area contributed by atoms with E-state index in [4.69, 9.17) is 16.3 Å². The van der Waals surface area contributed by atoms with Crippen LogP contribution in [0.5, 0.6) is 5.75 Å². The normalized spacial score (nSPS) is 20.4. The Labute approximate surface area is 122 Å². The molecule has 2 rings (SSSR count). The maximum Gasteiger partial charge on any atom is 0.312 e. The van der Waals surface area contributed by atoms with Gasteiger partial charge in [0.25, 0.3) is 0 Å². The number of hydrogen-bond acceptors (Lipinski definition) is 4. The smallest absolute Gasteiger partial charge is 0.312 e. The molecule has 0 saturated heterocycles. The van der Waals surface area contributed by atoms with Crippen LogP contribution in [0.25, 0.3) is 0 Å². The summed E-state index contributed by atoms with van der Waals surface area (Å²) in [6, 6.07) is 4.40. The molecule has 108 valence electrons. The molecule has 1 atom stereocenters. The van der Waals surface area contributed by atoms with Crippen molar-refractivity contribution in [3.8, 4) is 5.75 Å². The minimum atomic E-state index is -0.535. The highest BCUT2D eigenvalue weighted by Gasteiger charge is 2.54. The Morgan fingerprint density at radius 2 is 2.10 bits per heavy atom. The van der Waals surface area contributed by atoms with E-state index in [9.17, 15) is 14.9 Å². The van der Waals surface area contributed by atoms with E-state index in [0.717, 1.165) is 0 Å². The summed E-state index contributed by atoms with van der Waals surface area (Å²) < 4.78 is 5.75. The summed E-state index contributed by atoms with van der Waals surface area (Å²) in [5.74, 6) is 0.213. The minimum Gasteiger partial charge on any atom is -0.481 e. The fourth-order valence-electron chi connectivity index (χ4n) is 2.77. The van der Waals surface area contributed by atoms with Gasteiger partial charge in [0.1, 0.15) is 11.9 Å². The third kappa shape index (κ3) is 2.16. The van der Waals surface area contributed by atoms with Crippen molar-refractivity contribution in [1.29, 1.82) is 0 Å². The molecule has 1 fully saturated rings. The number of benzene rings is 1. The second-order valence-electron chi connectivity index (χ2n) is 4.94. The molecule has 0 heterocycles. The molecule has 0 aromatic heterocycles. The number of carbonyl (C=O) groups is 1. The number of para-hydroxylation sites is 1.